The van der Waals surface area contributed by atoms with E-state index in [9.17, 15) is 0 Å². The predicted molar refractivity (Wildman–Crippen MR) is 79.2 cm³/mol. The van der Waals surface area contributed by atoms with Gasteiger partial charge >= 0.3 is 0 Å². The van der Waals surface area contributed by atoms with Gasteiger partial charge in [-0.3, -0.25) is 0 Å². The summed E-state index contributed by atoms with van der Waals surface area (Å²) in [5.74, 6) is 0. The van der Waals surface area contributed by atoms with E-state index in [0.29, 0.717) is 10.0 Å². The second-order valence-corrected chi connectivity index (χ2v) is 6.38. The average molecular weight is 290 g/mol. The summed E-state index contributed by atoms with van der Waals surface area (Å²) in [6.07, 6.45) is 8.15. The summed E-state index contributed by atoms with van der Waals surface area (Å²) < 4.78 is 3.38. The quantitative estimate of drug-likeness (QED) is 0.559. The Labute approximate surface area is 117 Å². The van der Waals surface area contributed by atoms with Crippen LogP contribution in [-0.4, -0.2) is 5.25 Å². The lowest BCUT2D eigenvalue weighted by molar-refractivity contribution is 0.702. The standard InChI is InChI=1S/C13H17Cl2NS/c14-12-8-7-10(9-13(12)15)16-17-11-5-3-1-2-4-6-11/h7-9,11,16H,1-6H2. The fourth-order valence-electron chi connectivity index (χ4n) is 2.07. The molecule has 2 rings (SSSR count). The summed E-state index contributed by atoms with van der Waals surface area (Å²) in [6, 6.07) is 5.69. The van der Waals surface area contributed by atoms with E-state index in [0.717, 1.165) is 10.9 Å². The lowest BCUT2D eigenvalue weighted by Crippen LogP contribution is -2.04. The normalized spacial score (nSPS) is 17.8. The molecule has 1 aromatic carbocycles. The van der Waals surface area contributed by atoms with E-state index in [4.69, 9.17) is 23.2 Å². The van der Waals surface area contributed by atoms with E-state index in [2.05, 4.69) is 4.72 Å². The van der Waals surface area contributed by atoms with Crippen LogP contribution in [0.3, 0.4) is 0 Å². The average Bonchev–Trinajstić information content (AvgIpc) is 2.59. The second-order valence-electron chi connectivity index (χ2n) is 4.46. The third-order valence-electron chi connectivity index (χ3n) is 3.07. The maximum atomic E-state index is 5.98. The Bertz CT molecular complexity index is 362. The Hall–Kier alpha value is -0.0500. The molecule has 1 N–H and O–H groups in total. The van der Waals surface area contributed by atoms with E-state index >= 15 is 0 Å². The van der Waals surface area contributed by atoms with Crippen molar-refractivity contribution in [3.05, 3.63) is 28.2 Å². The molecule has 4 heteroatoms. The van der Waals surface area contributed by atoms with E-state index in [1.807, 2.05) is 30.1 Å². The molecule has 0 aliphatic heterocycles. The molecule has 1 fully saturated rings. The molecule has 1 saturated carbocycles. The zero-order valence-electron chi connectivity index (χ0n) is 9.72. The minimum atomic E-state index is 0.608. The van der Waals surface area contributed by atoms with Crippen LogP contribution in [-0.2, 0) is 0 Å². The molecular formula is C13H17Cl2NS. The van der Waals surface area contributed by atoms with Gasteiger partial charge in [-0.25, -0.2) is 0 Å². The predicted octanol–water partition coefficient (Wildman–Crippen LogP) is 5.78. The van der Waals surface area contributed by atoms with Gasteiger partial charge in [0.15, 0.2) is 0 Å². The molecule has 1 nitrogen and oxygen atoms in total. The summed E-state index contributed by atoms with van der Waals surface area (Å²) in [7, 11) is 0. The molecule has 0 radical (unpaired) electrons. The number of anilines is 1. The fraction of sp³-hybridized carbons (Fsp3) is 0.538. The van der Waals surface area contributed by atoms with E-state index in [1.54, 1.807) is 0 Å². The molecule has 0 atom stereocenters. The molecule has 1 aromatic rings. The van der Waals surface area contributed by atoms with Crippen LogP contribution in [0, 0.1) is 0 Å². The first-order valence-electron chi connectivity index (χ1n) is 6.12. The fourth-order valence-corrected chi connectivity index (χ4v) is 3.37. The lowest BCUT2D eigenvalue weighted by Gasteiger charge is -2.14. The maximum absolute atomic E-state index is 5.98. The van der Waals surface area contributed by atoms with Crippen molar-refractivity contribution in [3.8, 4) is 0 Å². The lowest BCUT2D eigenvalue weighted by atomic mass is 10.2. The molecule has 0 spiro atoms. The van der Waals surface area contributed by atoms with Crippen molar-refractivity contribution in [2.45, 2.75) is 43.8 Å². The molecule has 17 heavy (non-hydrogen) atoms. The van der Waals surface area contributed by atoms with Crippen molar-refractivity contribution < 1.29 is 0 Å². The monoisotopic (exact) mass is 289 g/mol. The Balaban J connectivity index is 1.85. The third-order valence-corrected chi connectivity index (χ3v) is 4.96. The largest absolute Gasteiger partial charge is 0.329 e. The first kappa shape index (κ1) is 13.4. The van der Waals surface area contributed by atoms with Crippen LogP contribution >= 0.6 is 35.1 Å². The van der Waals surface area contributed by atoms with Crippen molar-refractivity contribution >= 4 is 40.8 Å². The van der Waals surface area contributed by atoms with Gasteiger partial charge in [0.25, 0.3) is 0 Å². The summed E-state index contributed by atoms with van der Waals surface area (Å²) in [5.41, 5.74) is 1.04. The summed E-state index contributed by atoms with van der Waals surface area (Å²) in [4.78, 5) is 0. The van der Waals surface area contributed by atoms with Crippen LogP contribution in [0.4, 0.5) is 5.69 Å². The van der Waals surface area contributed by atoms with Crippen LogP contribution in [0.25, 0.3) is 0 Å². The van der Waals surface area contributed by atoms with E-state index in [1.165, 1.54) is 38.5 Å². The van der Waals surface area contributed by atoms with E-state index < -0.39 is 0 Å². The smallest absolute Gasteiger partial charge is 0.0613 e. The van der Waals surface area contributed by atoms with Gasteiger partial charge in [0, 0.05) is 10.9 Å². The van der Waals surface area contributed by atoms with Crippen LogP contribution in [0.5, 0.6) is 0 Å². The third kappa shape index (κ3) is 4.27. The van der Waals surface area contributed by atoms with Crippen LogP contribution in [0.1, 0.15) is 38.5 Å². The summed E-state index contributed by atoms with van der Waals surface area (Å²) in [6.45, 7) is 0. The summed E-state index contributed by atoms with van der Waals surface area (Å²) in [5, 5.41) is 1.95. The van der Waals surface area contributed by atoms with Crippen molar-refractivity contribution in [2.24, 2.45) is 0 Å². The molecule has 94 valence electrons. The van der Waals surface area contributed by atoms with Gasteiger partial charge in [-0.05, 0) is 43.0 Å². The van der Waals surface area contributed by atoms with Gasteiger partial charge in [-0.2, -0.15) is 0 Å². The highest BCUT2D eigenvalue weighted by atomic mass is 35.5. The summed E-state index contributed by atoms with van der Waals surface area (Å²) >= 11 is 13.7. The van der Waals surface area contributed by atoms with Crippen LogP contribution < -0.4 is 4.72 Å². The van der Waals surface area contributed by atoms with Crippen molar-refractivity contribution in [2.75, 3.05) is 4.72 Å². The SMILES string of the molecule is Clc1ccc(NSC2CCCCCC2)cc1Cl. The van der Waals surface area contributed by atoms with Gasteiger partial charge in [0.1, 0.15) is 0 Å². The zero-order chi connectivity index (χ0) is 12.1. The number of hydrogen-bond acceptors (Lipinski definition) is 2. The Morgan fingerprint density at radius 2 is 1.71 bits per heavy atom. The van der Waals surface area contributed by atoms with Crippen molar-refractivity contribution in [1.82, 2.24) is 0 Å². The molecular weight excluding hydrogens is 273 g/mol. The second kappa shape index (κ2) is 6.77. The molecule has 0 unspecified atom stereocenters. The molecule has 1 aliphatic carbocycles. The highest BCUT2D eigenvalue weighted by molar-refractivity contribution is 8.01. The van der Waals surface area contributed by atoms with Crippen molar-refractivity contribution in [3.63, 3.8) is 0 Å². The van der Waals surface area contributed by atoms with Gasteiger partial charge in [0.05, 0.1) is 10.0 Å². The molecule has 0 bridgehead atoms. The molecule has 0 amide bonds. The number of nitrogens with one attached hydrogen (secondary N) is 1. The number of halogens is 2. The van der Waals surface area contributed by atoms with Gasteiger partial charge in [-0.15, -0.1) is 0 Å². The molecule has 0 heterocycles. The molecule has 0 aromatic heterocycles. The number of benzene rings is 1. The Kier molecular flexibility index (Phi) is 5.33. The highest BCUT2D eigenvalue weighted by Crippen LogP contribution is 2.30. The number of hydrogen-bond donors (Lipinski definition) is 1. The van der Waals surface area contributed by atoms with Gasteiger partial charge in [0.2, 0.25) is 0 Å². The van der Waals surface area contributed by atoms with Crippen molar-refractivity contribution in [1.29, 1.82) is 0 Å². The van der Waals surface area contributed by atoms with Gasteiger partial charge in [-0.1, -0.05) is 48.9 Å². The zero-order valence-corrected chi connectivity index (χ0v) is 12.0. The maximum Gasteiger partial charge on any atom is 0.0613 e. The minimum Gasteiger partial charge on any atom is -0.329 e. The van der Waals surface area contributed by atoms with E-state index in [-0.39, 0.29) is 0 Å². The Morgan fingerprint density at radius 3 is 2.35 bits per heavy atom. The molecule has 0 saturated heterocycles. The van der Waals surface area contributed by atoms with Crippen LogP contribution in [0.15, 0.2) is 18.2 Å². The highest BCUT2D eigenvalue weighted by Gasteiger charge is 2.12. The Morgan fingerprint density at radius 1 is 1.00 bits per heavy atom. The van der Waals surface area contributed by atoms with Gasteiger partial charge < -0.3 is 4.72 Å². The topological polar surface area (TPSA) is 12.0 Å². The first-order chi connectivity index (χ1) is 8.25. The molecule has 1 aliphatic rings. The van der Waals surface area contributed by atoms with Crippen LogP contribution in [0.2, 0.25) is 10.0 Å². The number of rotatable bonds is 3. The minimum absolute atomic E-state index is 0.608. The first-order valence-corrected chi connectivity index (χ1v) is 7.76.